The normalized spacial score (nSPS) is 30.1. The van der Waals surface area contributed by atoms with Crippen LogP contribution in [0.5, 0.6) is 0 Å². The fourth-order valence-corrected chi connectivity index (χ4v) is 1.77. The highest BCUT2D eigenvalue weighted by atomic mass is 32.2. The van der Waals surface area contributed by atoms with Gasteiger partial charge >= 0.3 is 0 Å². The molecule has 6 heteroatoms. The second kappa shape index (κ2) is 2.95. The van der Waals surface area contributed by atoms with Crippen molar-refractivity contribution in [2.75, 3.05) is 13.2 Å². The van der Waals surface area contributed by atoms with E-state index in [4.69, 9.17) is 9.29 Å². The first-order valence-electron chi connectivity index (χ1n) is 3.63. The number of hydrogen-bond acceptors (Lipinski definition) is 4. The molecule has 2 atom stereocenters. The van der Waals surface area contributed by atoms with Crippen molar-refractivity contribution in [3.05, 3.63) is 0 Å². The van der Waals surface area contributed by atoms with Crippen molar-refractivity contribution < 1.29 is 22.8 Å². The van der Waals surface area contributed by atoms with E-state index in [1.54, 1.807) is 0 Å². The summed E-state index contributed by atoms with van der Waals surface area (Å²) in [5.41, 5.74) is 0. The van der Waals surface area contributed by atoms with E-state index in [9.17, 15) is 13.5 Å². The molecule has 0 saturated carbocycles. The van der Waals surface area contributed by atoms with E-state index in [0.29, 0.717) is 13.0 Å². The smallest absolute Gasteiger partial charge is 0.295 e. The van der Waals surface area contributed by atoms with Gasteiger partial charge in [-0.3, -0.25) is 4.55 Å². The van der Waals surface area contributed by atoms with Crippen molar-refractivity contribution >= 4 is 10.1 Å². The highest BCUT2D eigenvalue weighted by Crippen LogP contribution is 2.29. The van der Waals surface area contributed by atoms with Crippen LogP contribution in [0.3, 0.4) is 0 Å². The molecule has 1 heterocycles. The van der Waals surface area contributed by atoms with E-state index < -0.39 is 21.0 Å². The molecule has 0 bridgehead atoms. The molecule has 0 aromatic carbocycles. The SMILES string of the molecule is CC(O)(C1CCOC1)S(=O)(=O)O. The minimum Gasteiger partial charge on any atom is -0.381 e. The molecule has 2 unspecified atom stereocenters. The van der Waals surface area contributed by atoms with Crippen molar-refractivity contribution in [2.45, 2.75) is 18.3 Å². The van der Waals surface area contributed by atoms with Crippen molar-refractivity contribution in [3.8, 4) is 0 Å². The van der Waals surface area contributed by atoms with Gasteiger partial charge in [0.25, 0.3) is 10.1 Å². The summed E-state index contributed by atoms with van der Waals surface area (Å²) in [7, 11) is -4.41. The number of rotatable bonds is 2. The lowest BCUT2D eigenvalue weighted by molar-refractivity contribution is 0.0593. The molecule has 0 spiro atoms. The topological polar surface area (TPSA) is 83.8 Å². The van der Waals surface area contributed by atoms with Gasteiger partial charge < -0.3 is 9.84 Å². The van der Waals surface area contributed by atoms with Crippen molar-refractivity contribution in [2.24, 2.45) is 5.92 Å². The van der Waals surface area contributed by atoms with E-state index in [1.807, 2.05) is 0 Å². The molecule has 0 aromatic rings. The summed E-state index contributed by atoms with van der Waals surface area (Å²) in [5.74, 6) is -0.535. The fourth-order valence-electron chi connectivity index (χ4n) is 1.17. The molecule has 0 aromatic heterocycles. The van der Waals surface area contributed by atoms with Crippen LogP contribution in [0.4, 0.5) is 0 Å². The van der Waals surface area contributed by atoms with Gasteiger partial charge in [-0.05, 0) is 13.3 Å². The first-order chi connectivity index (χ1) is 5.36. The zero-order valence-electron chi connectivity index (χ0n) is 6.73. The van der Waals surface area contributed by atoms with Gasteiger partial charge in [-0.25, -0.2) is 0 Å². The summed E-state index contributed by atoms with van der Waals surface area (Å²) in [5, 5.41) is 9.43. The van der Waals surface area contributed by atoms with Gasteiger partial charge in [-0.2, -0.15) is 8.42 Å². The van der Waals surface area contributed by atoms with Crippen LogP contribution >= 0.6 is 0 Å². The van der Waals surface area contributed by atoms with E-state index in [0.717, 1.165) is 6.92 Å². The summed E-state index contributed by atoms with van der Waals surface area (Å²) in [6, 6.07) is 0. The molecular formula is C6H12O5S. The second-order valence-electron chi connectivity index (χ2n) is 3.09. The maximum atomic E-state index is 10.7. The third-order valence-electron chi connectivity index (χ3n) is 2.21. The van der Waals surface area contributed by atoms with Crippen molar-refractivity contribution in [1.29, 1.82) is 0 Å². The maximum Gasteiger partial charge on any atom is 0.295 e. The Bertz CT molecular complexity index is 249. The van der Waals surface area contributed by atoms with Gasteiger partial charge in [0.2, 0.25) is 0 Å². The third-order valence-corrected chi connectivity index (χ3v) is 3.59. The van der Waals surface area contributed by atoms with E-state index in [1.165, 1.54) is 0 Å². The Balaban J connectivity index is 2.84. The van der Waals surface area contributed by atoms with E-state index in [2.05, 4.69) is 0 Å². The average molecular weight is 196 g/mol. The van der Waals surface area contributed by atoms with Crippen molar-refractivity contribution in [1.82, 2.24) is 0 Å². The summed E-state index contributed by atoms with van der Waals surface area (Å²) in [4.78, 5) is -2.08. The quantitative estimate of drug-likeness (QED) is 0.588. The molecule has 1 aliphatic rings. The van der Waals surface area contributed by atoms with Gasteiger partial charge in [0, 0.05) is 12.5 Å². The van der Waals surface area contributed by atoms with Crippen molar-refractivity contribution in [3.63, 3.8) is 0 Å². The lowest BCUT2D eigenvalue weighted by atomic mass is 10.0. The van der Waals surface area contributed by atoms with Crippen LogP contribution in [0.15, 0.2) is 0 Å². The van der Waals surface area contributed by atoms with Crippen LogP contribution in [-0.2, 0) is 14.9 Å². The fraction of sp³-hybridized carbons (Fsp3) is 1.00. The molecule has 12 heavy (non-hydrogen) atoms. The van der Waals surface area contributed by atoms with Gasteiger partial charge in [0.15, 0.2) is 4.93 Å². The summed E-state index contributed by atoms with van der Waals surface area (Å²) >= 11 is 0. The predicted molar refractivity (Wildman–Crippen MR) is 41.1 cm³/mol. The maximum absolute atomic E-state index is 10.7. The Labute approximate surface area is 71.1 Å². The van der Waals surface area contributed by atoms with E-state index in [-0.39, 0.29) is 6.61 Å². The molecule has 5 nitrogen and oxygen atoms in total. The molecule has 1 aliphatic heterocycles. The van der Waals surface area contributed by atoms with Gasteiger partial charge in [-0.15, -0.1) is 0 Å². The minimum absolute atomic E-state index is 0.173. The molecule has 0 amide bonds. The number of ether oxygens (including phenoxy) is 1. The summed E-state index contributed by atoms with van der Waals surface area (Å²) < 4.78 is 35.0. The first-order valence-corrected chi connectivity index (χ1v) is 5.07. The Morgan fingerprint density at radius 1 is 1.58 bits per heavy atom. The zero-order valence-corrected chi connectivity index (χ0v) is 7.54. The number of hydrogen-bond donors (Lipinski definition) is 2. The molecule has 1 saturated heterocycles. The van der Waals surface area contributed by atoms with Gasteiger partial charge in [0.05, 0.1) is 6.61 Å². The molecule has 0 radical (unpaired) electrons. The largest absolute Gasteiger partial charge is 0.381 e. The lowest BCUT2D eigenvalue weighted by Gasteiger charge is -2.24. The molecule has 2 N–H and O–H groups in total. The van der Waals surface area contributed by atoms with Crippen LogP contribution in [-0.4, -0.2) is 36.2 Å². The Kier molecular flexibility index (Phi) is 2.44. The third kappa shape index (κ3) is 1.61. The highest BCUT2D eigenvalue weighted by molar-refractivity contribution is 7.87. The van der Waals surface area contributed by atoms with Crippen LogP contribution < -0.4 is 0 Å². The standard InChI is InChI=1S/C6H12O5S/c1-6(7,12(8,9)10)5-2-3-11-4-5/h5,7H,2-4H2,1H3,(H,8,9,10). The van der Waals surface area contributed by atoms with Gasteiger partial charge in [0.1, 0.15) is 0 Å². The second-order valence-corrected chi connectivity index (χ2v) is 4.87. The predicted octanol–water partition coefficient (Wildman–Crippen LogP) is -0.381. The zero-order chi connectivity index (χ0) is 9.41. The Hall–Kier alpha value is -0.170. The highest BCUT2D eigenvalue weighted by Gasteiger charge is 2.45. The van der Waals surface area contributed by atoms with Crippen LogP contribution in [0.2, 0.25) is 0 Å². The minimum atomic E-state index is -4.41. The molecular weight excluding hydrogens is 184 g/mol. The molecule has 0 aliphatic carbocycles. The molecule has 72 valence electrons. The summed E-state index contributed by atoms with van der Waals surface area (Å²) in [6.45, 7) is 1.69. The average Bonchev–Trinajstić information content (AvgIpc) is 2.34. The lowest BCUT2D eigenvalue weighted by Crippen LogP contribution is -2.42. The van der Waals surface area contributed by atoms with Gasteiger partial charge in [-0.1, -0.05) is 0 Å². The Morgan fingerprint density at radius 3 is 2.50 bits per heavy atom. The monoisotopic (exact) mass is 196 g/mol. The molecule has 1 rings (SSSR count). The first kappa shape index (κ1) is 9.91. The van der Waals surface area contributed by atoms with Crippen LogP contribution in [0.25, 0.3) is 0 Å². The summed E-state index contributed by atoms with van der Waals surface area (Å²) in [6.07, 6.45) is 0.451. The number of aliphatic hydroxyl groups is 1. The molecule has 1 fully saturated rings. The van der Waals surface area contributed by atoms with Crippen LogP contribution in [0.1, 0.15) is 13.3 Å². The van der Waals surface area contributed by atoms with E-state index >= 15 is 0 Å². The Morgan fingerprint density at radius 2 is 2.17 bits per heavy atom. The van der Waals surface area contributed by atoms with Crippen LogP contribution in [0, 0.1) is 5.92 Å².